The molecule has 5 rings (SSSR count). The molecule has 2 aliphatic rings. The number of carbonyl (C=O) groups excluding carboxylic acids is 1. The minimum Gasteiger partial charge on any atom is -0.354 e. The molecule has 0 aromatic carbocycles. The van der Waals surface area contributed by atoms with Gasteiger partial charge >= 0.3 is 0 Å². The summed E-state index contributed by atoms with van der Waals surface area (Å²) in [5.74, 6) is 0.954. The van der Waals surface area contributed by atoms with E-state index in [2.05, 4.69) is 30.0 Å². The maximum absolute atomic E-state index is 12.7. The van der Waals surface area contributed by atoms with Crippen LogP contribution in [-0.2, 0) is 0 Å². The first-order valence-corrected chi connectivity index (χ1v) is 8.56. The van der Waals surface area contributed by atoms with Gasteiger partial charge in [0.05, 0.1) is 5.39 Å². The smallest absolute Gasteiger partial charge is 0.274 e. The summed E-state index contributed by atoms with van der Waals surface area (Å²) < 4.78 is 0. The third-order valence-corrected chi connectivity index (χ3v) is 5.29. The molecule has 2 fully saturated rings. The summed E-state index contributed by atoms with van der Waals surface area (Å²) in [7, 11) is 0. The van der Waals surface area contributed by atoms with E-state index in [1.165, 1.54) is 0 Å². The molecule has 0 unspecified atom stereocenters. The Balaban J connectivity index is 1.45. The zero-order chi connectivity index (χ0) is 16.9. The molecule has 25 heavy (non-hydrogen) atoms. The minimum absolute atomic E-state index is 0.00357. The molecule has 3 aromatic rings. The second-order valence-corrected chi connectivity index (χ2v) is 7.04. The summed E-state index contributed by atoms with van der Waals surface area (Å²) in [5, 5.41) is 7.80. The van der Waals surface area contributed by atoms with Gasteiger partial charge in [-0.1, -0.05) is 0 Å². The van der Waals surface area contributed by atoms with E-state index in [1.54, 1.807) is 18.6 Å². The Morgan fingerprint density at radius 1 is 1.12 bits per heavy atom. The summed E-state index contributed by atoms with van der Waals surface area (Å²) in [6, 6.07) is 3.75. The molecule has 0 radical (unpaired) electrons. The number of amides is 1. The lowest BCUT2D eigenvalue weighted by Gasteiger charge is -2.25. The molecule has 1 saturated carbocycles. The molecule has 0 atom stereocenters. The number of H-pyrrole nitrogens is 2. The first kappa shape index (κ1) is 14.4. The Labute approximate surface area is 144 Å². The Kier molecular flexibility index (Phi) is 3.06. The summed E-state index contributed by atoms with van der Waals surface area (Å²) >= 11 is 0. The van der Waals surface area contributed by atoms with Crippen LogP contribution in [0.3, 0.4) is 0 Å². The lowest BCUT2D eigenvalue weighted by Crippen LogP contribution is -2.36. The van der Waals surface area contributed by atoms with E-state index in [1.807, 2.05) is 17.2 Å². The molecule has 4 heterocycles. The number of aromatic nitrogens is 5. The van der Waals surface area contributed by atoms with Gasteiger partial charge in [0.15, 0.2) is 0 Å². The van der Waals surface area contributed by atoms with Crippen molar-refractivity contribution in [1.29, 1.82) is 0 Å². The number of rotatable bonds is 2. The highest BCUT2D eigenvalue weighted by Gasteiger charge is 2.48. The minimum atomic E-state index is 0.00357. The van der Waals surface area contributed by atoms with Gasteiger partial charge in [0.25, 0.3) is 5.91 Å². The highest BCUT2D eigenvalue weighted by Crippen LogP contribution is 2.48. The molecule has 1 saturated heterocycles. The monoisotopic (exact) mass is 337 g/mol. The largest absolute Gasteiger partial charge is 0.354 e. The molecule has 0 bridgehead atoms. The van der Waals surface area contributed by atoms with Crippen LogP contribution in [-0.4, -0.2) is 62.1 Å². The maximum atomic E-state index is 12.7. The van der Waals surface area contributed by atoms with E-state index in [0.29, 0.717) is 12.2 Å². The summed E-state index contributed by atoms with van der Waals surface area (Å²) in [6.07, 6.45) is 7.48. The van der Waals surface area contributed by atoms with Crippen LogP contribution in [0.1, 0.15) is 23.3 Å². The molecule has 1 amide bonds. The van der Waals surface area contributed by atoms with Crippen LogP contribution in [0.4, 0.5) is 5.82 Å². The van der Waals surface area contributed by atoms with E-state index >= 15 is 0 Å². The van der Waals surface area contributed by atoms with Crippen LogP contribution in [0.2, 0.25) is 0 Å². The summed E-state index contributed by atoms with van der Waals surface area (Å²) in [5.41, 5.74) is 1.51. The molecule has 2 N–H and O–H groups in total. The van der Waals surface area contributed by atoms with Crippen LogP contribution in [0, 0.1) is 5.41 Å². The van der Waals surface area contributed by atoms with E-state index in [-0.39, 0.29) is 11.3 Å². The summed E-state index contributed by atoms with van der Waals surface area (Å²) in [6.45, 7) is 3.14. The first-order chi connectivity index (χ1) is 12.2. The zero-order valence-electron chi connectivity index (χ0n) is 13.8. The summed E-state index contributed by atoms with van der Waals surface area (Å²) in [4.78, 5) is 28.9. The fraction of sp³-hybridized carbons (Fsp3) is 0.412. The van der Waals surface area contributed by atoms with Crippen molar-refractivity contribution in [1.82, 2.24) is 30.0 Å². The second kappa shape index (κ2) is 5.30. The molecule has 8 heteroatoms. The topological polar surface area (TPSA) is 93.8 Å². The second-order valence-electron chi connectivity index (χ2n) is 7.04. The van der Waals surface area contributed by atoms with Crippen molar-refractivity contribution in [3.8, 4) is 0 Å². The lowest BCUT2D eigenvalue weighted by atomic mass is 10.1. The highest BCUT2D eigenvalue weighted by atomic mass is 16.2. The molecule has 3 aromatic heterocycles. The lowest BCUT2D eigenvalue weighted by molar-refractivity contribution is 0.0735. The van der Waals surface area contributed by atoms with E-state index < -0.39 is 0 Å². The Bertz CT molecular complexity index is 912. The Morgan fingerprint density at radius 3 is 2.84 bits per heavy atom. The van der Waals surface area contributed by atoms with E-state index in [4.69, 9.17) is 0 Å². The normalized spacial score (nSPS) is 19.4. The van der Waals surface area contributed by atoms with Gasteiger partial charge < -0.3 is 14.8 Å². The predicted octanol–water partition coefficient (Wildman–Crippen LogP) is 1.42. The van der Waals surface area contributed by atoms with Gasteiger partial charge in [0.2, 0.25) is 0 Å². The van der Waals surface area contributed by atoms with Crippen molar-refractivity contribution < 1.29 is 4.79 Å². The van der Waals surface area contributed by atoms with Gasteiger partial charge in [-0.2, -0.15) is 5.10 Å². The number of hydrogen-bond acceptors (Lipinski definition) is 5. The van der Waals surface area contributed by atoms with E-state index in [9.17, 15) is 4.79 Å². The molecule has 1 aliphatic heterocycles. The van der Waals surface area contributed by atoms with Crippen molar-refractivity contribution in [2.45, 2.75) is 12.8 Å². The Morgan fingerprint density at radius 2 is 2.04 bits per heavy atom. The maximum Gasteiger partial charge on any atom is 0.274 e. The van der Waals surface area contributed by atoms with Crippen molar-refractivity contribution in [2.75, 3.05) is 31.1 Å². The quantitative estimate of drug-likeness (QED) is 0.738. The fourth-order valence-corrected chi connectivity index (χ4v) is 3.76. The number of aromatic amines is 2. The van der Waals surface area contributed by atoms with Crippen LogP contribution >= 0.6 is 0 Å². The first-order valence-electron chi connectivity index (χ1n) is 8.56. The van der Waals surface area contributed by atoms with Crippen LogP contribution in [0.25, 0.3) is 11.0 Å². The molecular weight excluding hydrogens is 318 g/mol. The van der Waals surface area contributed by atoms with Crippen molar-refractivity contribution >= 4 is 22.8 Å². The number of carbonyl (C=O) groups is 1. The van der Waals surface area contributed by atoms with Gasteiger partial charge in [0.1, 0.15) is 23.5 Å². The molecule has 8 nitrogen and oxygen atoms in total. The van der Waals surface area contributed by atoms with Gasteiger partial charge in [-0.15, -0.1) is 0 Å². The molecule has 1 aliphatic carbocycles. The molecular formula is C17H19N7O. The average molecular weight is 337 g/mol. The SMILES string of the molecule is O=C(c1cc[nH]n1)N1CCN(c2ncnc3[nH]ccc23)CC2(CC2)C1. The van der Waals surface area contributed by atoms with Crippen LogP contribution in [0.15, 0.2) is 30.9 Å². The van der Waals surface area contributed by atoms with Gasteiger partial charge in [-0.05, 0) is 25.0 Å². The number of hydrogen-bond donors (Lipinski definition) is 2. The van der Waals surface area contributed by atoms with Gasteiger partial charge in [0, 0.05) is 44.0 Å². The van der Waals surface area contributed by atoms with Gasteiger partial charge in [-0.25, -0.2) is 9.97 Å². The van der Waals surface area contributed by atoms with Gasteiger partial charge in [-0.3, -0.25) is 9.89 Å². The number of anilines is 1. The van der Waals surface area contributed by atoms with Crippen LogP contribution < -0.4 is 4.90 Å². The van der Waals surface area contributed by atoms with Crippen molar-refractivity contribution in [2.24, 2.45) is 5.41 Å². The van der Waals surface area contributed by atoms with E-state index in [0.717, 1.165) is 49.3 Å². The third kappa shape index (κ3) is 2.45. The van der Waals surface area contributed by atoms with Crippen molar-refractivity contribution in [3.05, 3.63) is 36.5 Å². The molecule has 1 spiro atoms. The Hall–Kier alpha value is -2.90. The van der Waals surface area contributed by atoms with Crippen LogP contribution in [0.5, 0.6) is 0 Å². The number of nitrogens with one attached hydrogen (secondary N) is 2. The zero-order valence-corrected chi connectivity index (χ0v) is 13.8. The highest BCUT2D eigenvalue weighted by molar-refractivity contribution is 5.92. The fourth-order valence-electron chi connectivity index (χ4n) is 3.76. The number of nitrogens with zero attached hydrogens (tertiary/aromatic N) is 5. The molecule has 128 valence electrons. The average Bonchev–Trinajstić information content (AvgIpc) is 3.03. The van der Waals surface area contributed by atoms with Crippen molar-refractivity contribution in [3.63, 3.8) is 0 Å². The number of fused-ring (bicyclic) bond motifs is 1. The third-order valence-electron chi connectivity index (χ3n) is 5.29. The predicted molar refractivity (Wildman–Crippen MR) is 92.3 cm³/mol. The standard InChI is InChI=1S/C17H19N7O/c25-16(13-2-6-21-22-13)24-8-7-23(9-17(10-24)3-4-17)15-12-1-5-18-14(12)19-11-20-15/h1-2,5-6,11H,3-4,7-10H2,(H,21,22)(H,18,19,20).